The van der Waals surface area contributed by atoms with Crippen molar-refractivity contribution in [2.45, 2.75) is 51.5 Å². The van der Waals surface area contributed by atoms with Gasteiger partial charge in [-0.25, -0.2) is 4.39 Å². The SMILES string of the molecule is CCNC(CC1CCCCC1)c1ccc(F)cc1Cl. The van der Waals surface area contributed by atoms with E-state index in [-0.39, 0.29) is 11.9 Å². The number of benzene rings is 1. The molecule has 0 spiro atoms. The van der Waals surface area contributed by atoms with E-state index in [2.05, 4.69) is 12.2 Å². The summed E-state index contributed by atoms with van der Waals surface area (Å²) in [6.07, 6.45) is 7.82. The second kappa shape index (κ2) is 7.25. The molecule has 1 aliphatic rings. The molecule has 1 atom stereocenters. The van der Waals surface area contributed by atoms with Crippen molar-refractivity contribution < 1.29 is 4.39 Å². The lowest BCUT2D eigenvalue weighted by atomic mass is 9.83. The minimum Gasteiger partial charge on any atom is -0.310 e. The summed E-state index contributed by atoms with van der Waals surface area (Å²) in [6.45, 7) is 3.01. The molecule has 0 saturated heterocycles. The van der Waals surface area contributed by atoms with Gasteiger partial charge in [0.2, 0.25) is 0 Å². The number of hydrogen-bond donors (Lipinski definition) is 1. The molecule has 0 heterocycles. The molecule has 1 unspecified atom stereocenters. The van der Waals surface area contributed by atoms with Gasteiger partial charge in [0, 0.05) is 11.1 Å². The van der Waals surface area contributed by atoms with Crippen molar-refractivity contribution >= 4 is 11.6 Å². The Hall–Kier alpha value is -0.600. The molecule has 1 aromatic rings. The molecule has 1 nitrogen and oxygen atoms in total. The van der Waals surface area contributed by atoms with Gasteiger partial charge in [0.1, 0.15) is 5.82 Å². The van der Waals surface area contributed by atoms with Crippen molar-refractivity contribution in [2.75, 3.05) is 6.54 Å². The molecule has 1 saturated carbocycles. The van der Waals surface area contributed by atoms with E-state index in [0.717, 1.165) is 24.4 Å². The van der Waals surface area contributed by atoms with Crippen LogP contribution < -0.4 is 5.32 Å². The van der Waals surface area contributed by atoms with Gasteiger partial charge in [-0.3, -0.25) is 0 Å². The molecule has 0 aliphatic heterocycles. The van der Waals surface area contributed by atoms with Crippen LogP contribution in [0.1, 0.15) is 57.1 Å². The van der Waals surface area contributed by atoms with Crippen LogP contribution in [0.2, 0.25) is 5.02 Å². The zero-order valence-corrected chi connectivity index (χ0v) is 12.3. The summed E-state index contributed by atoms with van der Waals surface area (Å²) < 4.78 is 13.2. The van der Waals surface area contributed by atoms with Crippen molar-refractivity contribution in [1.29, 1.82) is 0 Å². The van der Waals surface area contributed by atoms with E-state index in [1.54, 1.807) is 0 Å². The minimum atomic E-state index is -0.262. The van der Waals surface area contributed by atoms with Gasteiger partial charge >= 0.3 is 0 Å². The maximum atomic E-state index is 13.2. The fourth-order valence-electron chi connectivity index (χ4n) is 3.11. The van der Waals surface area contributed by atoms with Gasteiger partial charge in [0.25, 0.3) is 0 Å². The van der Waals surface area contributed by atoms with Gasteiger partial charge in [-0.05, 0) is 36.6 Å². The van der Waals surface area contributed by atoms with Crippen LogP contribution in [0.5, 0.6) is 0 Å². The second-order valence-corrected chi connectivity index (χ2v) is 5.92. The number of hydrogen-bond acceptors (Lipinski definition) is 1. The lowest BCUT2D eigenvalue weighted by molar-refractivity contribution is 0.301. The van der Waals surface area contributed by atoms with Gasteiger partial charge in [0.15, 0.2) is 0 Å². The summed E-state index contributed by atoms with van der Waals surface area (Å²) in [7, 11) is 0. The fraction of sp³-hybridized carbons (Fsp3) is 0.625. The Morgan fingerprint density at radius 1 is 1.32 bits per heavy atom. The molecule has 1 N–H and O–H groups in total. The van der Waals surface area contributed by atoms with Crippen molar-refractivity contribution in [3.05, 3.63) is 34.6 Å². The molecule has 106 valence electrons. The van der Waals surface area contributed by atoms with Crippen LogP contribution in [0.15, 0.2) is 18.2 Å². The first-order valence-corrected chi connectivity index (χ1v) is 7.76. The quantitative estimate of drug-likeness (QED) is 0.793. The Balaban J connectivity index is 2.09. The average Bonchev–Trinajstić information content (AvgIpc) is 2.39. The van der Waals surface area contributed by atoms with Crippen molar-refractivity contribution in [3.63, 3.8) is 0 Å². The maximum absolute atomic E-state index is 13.2. The van der Waals surface area contributed by atoms with E-state index in [4.69, 9.17) is 11.6 Å². The molecular formula is C16H23ClFN. The van der Waals surface area contributed by atoms with Crippen LogP contribution in [0.25, 0.3) is 0 Å². The van der Waals surface area contributed by atoms with E-state index >= 15 is 0 Å². The molecule has 0 aromatic heterocycles. The molecule has 19 heavy (non-hydrogen) atoms. The van der Waals surface area contributed by atoms with Crippen LogP contribution in [0.3, 0.4) is 0 Å². The van der Waals surface area contributed by atoms with E-state index in [0.29, 0.717) is 5.02 Å². The number of halogens is 2. The summed E-state index contributed by atoms with van der Waals surface area (Å²) in [4.78, 5) is 0. The van der Waals surface area contributed by atoms with E-state index in [1.165, 1.54) is 44.2 Å². The second-order valence-electron chi connectivity index (χ2n) is 5.52. The summed E-state index contributed by atoms with van der Waals surface area (Å²) >= 11 is 6.20. The third kappa shape index (κ3) is 4.19. The summed E-state index contributed by atoms with van der Waals surface area (Å²) in [5.74, 6) is 0.514. The molecule has 1 aliphatic carbocycles. The molecule has 0 amide bonds. The largest absolute Gasteiger partial charge is 0.310 e. The highest BCUT2D eigenvalue weighted by atomic mass is 35.5. The van der Waals surface area contributed by atoms with Gasteiger partial charge in [-0.15, -0.1) is 0 Å². The van der Waals surface area contributed by atoms with Gasteiger partial charge < -0.3 is 5.32 Å². The van der Waals surface area contributed by atoms with Crippen LogP contribution >= 0.6 is 11.6 Å². The highest BCUT2D eigenvalue weighted by Gasteiger charge is 2.21. The van der Waals surface area contributed by atoms with Gasteiger partial charge in [0.05, 0.1) is 0 Å². The zero-order chi connectivity index (χ0) is 13.7. The van der Waals surface area contributed by atoms with Gasteiger partial charge in [-0.1, -0.05) is 56.7 Å². The lowest BCUT2D eigenvalue weighted by Gasteiger charge is -2.27. The molecule has 2 rings (SSSR count). The van der Waals surface area contributed by atoms with Crippen molar-refractivity contribution in [3.8, 4) is 0 Å². The smallest absolute Gasteiger partial charge is 0.124 e. The van der Waals surface area contributed by atoms with Crippen LogP contribution in [0.4, 0.5) is 4.39 Å². The highest BCUT2D eigenvalue weighted by molar-refractivity contribution is 6.31. The van der Waals surface area contributed by atoms with E-state index in [9.17, 15) is 4.39 Å². The Morgan fingerprint density at radius 3 is 2.68 bits per heavy atom. The van der Waals surface area contributed by atoms with E-state index < -0.39 is 0 Å². The van der Waals surface area contributed by atoms with Crippen molar-refractivity contribution in [2.24, 2.45) is 5.92 Å². The number of nitrogens with one attached hydrogen (secondary N) is 1. The Labute approximate surface area is 120 Å². The third-order valence-electron chi connectivity index (χ3n) is 4.08. The fourth-order valence-corrected chi connectivity index (χ4v) is 3.41. The molecule has 0 radical (unpaired) electrons. The first-order chi connectivity index (χ1) is 9.20. The predicted octanol–water partition coefficient (Wildman–Crippen LogP) is 5.10. The molecule has 1 aromatic carbocycles. The standard InChI is InChI=1S/C16H23ClFN/c1-2-19-16(10-12-6-4-3-5-7-12)14-9-8-13(18)11-15(14)17/h8-9,11-12,16,19H,2-7,10H2,1H3. The molecule has 0 bridgehead atoms. The van der Waals surface area contributed by atoms with Crippen LogP contribution in [-0.2, 0) is 0 Å². The first-order valence-electron chi connectivity index (χ1n) is 7.39. The molecule has 1 fully saturated rings. The first kappa shape index (κ1) is 14.8. The Morgan fingerprint density at radius 2 is 2.05 bits per heavy atom. The minimum absolute atomic E-state index is 0.251. The summed E-state index contributed by atoms with van der Waals surface area (Å²) in [5, 5.41) is 4.04. The highest BCUT2D eigenvalue weighted by Crippen LogP contribution is 2.34. The normalized spacial score (nSPS) is 18.5. The molecule has 3 heteroatoms. The monoisotopic (exact) mass is 283 g/mol. The van der Waals surface area contributed by atoms with Crippen LogP contribution in [0, 0.1) is 11.7 Å². The average molecular weight is 284 g/mol. The summed E-state index contributed by atoms with van der Waals surface area (Å²) in [5.41, 5.74) is 1.04. The van der Waals surface area contributed by atoms with Crippen LogP contribution in [-0.4, -0.2) is 6.54 Å². The number of rotatable bonds is 5. The Bertz CT molecular complexity index is 402. The predicted molar refractivity (Wildman–Crippen MR) is 79.0 cm³/mol. The third-order valence-corrected chi connectivity index (χ3v) is 4.41. The van der Waals surface area contributed by atoms with Crippen molar-refractivity contribution in [1.82, 2.24) is 5.32 Å². The van der Waals surface area contributed by atoms with E-state index in [1.807, 2.05) is 6.07 Å². The maximum Gasteiger partial charge on any atom is 0.124 e. The molecular weight excluding hydrogens is 261 g/mol. The summed E-state index contributed by atoms with van der Waals surface area (Å²) in [6, 6.07) is 5.00. The zero-order valence-electron chi connectivity index (χ0n) is 11.6. The Kier molecular flexibility index (Phi) is 5.65. The lowest BCUT2D eigenvalue weighted by Crippen LogP contribution is -2.24. The van der Waals surface area contributed by atoms with Gasteiger partial charge in [-0.2, -0.15) is 0 Å². The topological polar surface area (TPSA) is 12.0 Å².